The number of nitrogens with one attached hydrogen (secondary N) is 1. The van der Waals surface area contributed by atoms with E-state index in [1.807, 2.05) is 23.9 Å². The molecule has 1 fully saturated rings. The van der Waals surface area contributed by atoms with Gasteiger partial charge in [-0.1, -0.05) is 0 Å². The molecule has 1 aliphatic rings. The molecule has 5 rings (SSSR count). The third kappa shape index (κ3) is 4.06. The normalized spacial score (nSPS) is 14.2. The molecular formula is C22H22F3N7OS. The third-order valence-electron chi connectivity index (χ3n) is 5.92. The number of amides is 1. The molecule has 0 aromatic carbocycles. The van der Waals surface area contributed by atoms with Crippen LogP contribution in [0.1, 0.15) is 48.3 Å². The molecule has 4 aromatic rings. The van der Waals surface area contributed by atoms with Crippen molar-refractivity contribution >= 4 is 33.4 Å². The lowest BCUT2D eigenvalue weighted by Crippen LogP contribution is -2.20. The van der Waals surface area contributed by atoms with Gasteiger partial charge in [0.2, 0.25) is 5.91 Å². The molecule has 1 N–H and O–H groups in total. The fourth-order valence-corrected chi connectivity index (χ4v) is 4.79. The number of anilines is 1. The van der Waals surface area contributed by atoms with Gasteiger partial charge in [-0.2, -0.15) is 23.4 Å². The Morgan fingerprint density at radius 1 is 1.24 bits per heavy atom. The first-order chi connectivity index (χ1) is 16.2. The highest BCUT2D eigenvalue weighted by molar-refractivity contribution is 7.14. The quantitative estimate of drug-likeness (QED) is 0.415. The molecule has 0 saturated heterocycles. The van der Waals surface area contributed by atoms with Gasteiger partial charge >= 0.3 is 6.18 Å². The molecule has 0 radical (unpaired) electrons. The number of halogens is 3. The molecule has 1 amide bonds. The average molecular weight is 490 g/mol. The zero-order chi connectivity index (χ0) is 24.2. The Balaban J connectivity index is 1.40. The van der Waals surface area contributed by atoms with Gasteiger partial charge in [-0.15, -0.1) is 11.3 Å². The van der Waals surface area contributed by atoms with Crippen molar-refractivity contribution < 1.29 is 18.0 Å². The van der Waals surface area contributed by atoms with Gasteiger partial charge in [0.15, 0.2) is 10.8 Å². The number of aromatic nitrogens is 6. The fraction of sp³-hybridized carbons (Fsp3) is 0.409. The summed E-state index contributed by atoms with van der Waals surface area (Å²) in [5.41, 5.74) is 2.45. The number of rotatable bonds is 6. The van der Waals surface area contributed by atoms with Gasteiger partial charge in [0.1, 0.15) is 6.54 Å². The van der Waals surface area contributed by atoms with Gasteiger partial charge in [-0.3, -0.25) is 9.48 Å². The monoisotopic (exact) mass is 489 g/mol. The van der Waals surface area contributed by atoms with E-state index in [1.54, 1.807) is 6.20 Å². The summed E-state index contributed by atoms with van der Waals surface area (Å²) in [6, 6.07) is 1.12. The molecule has 4 heterocycles. The lowest BCUT2D eigenvalue weighted by molar-refractivity contribution is -0.136. The van der Waals surface area contributed by atoms with E-state index in [-0.39, 0.29) is 29.2 Å². The lowest BCUT2D eigenvalue weighted by atomic mass is 10.1. The van der Waals surface area contributed by atoms with Gasteiger partial charge in [0.05, 0.1) is 28.5 Å². The van der Waals surface area contributed by atoms with Crippen LogP contribution < -0.4 is 5.32 Å². The van der Waals surface area contributed by atoms with Crippen molar-refractivity contribution in [3.8, 4) is 11.3 Å². The smallest absolute Gasteiger partial charge is 0.300 e. The molecule has 0 atom stereocenters. The summed E-state index contributed by atoms with van der Waals surface area (Å²) >= 11 is 1.26. The van der Waals surface area contributed by atoms with Crippen LogP contribution in [-0.2, 0) is 24.1 Å². The number of thiazole rings is 1. The van der Waals surface area contributed by atoms with Crippen molar-refractivity contribution in [3.63, 3.8) is 0 Å². The molecule has 0 unspecified atom stereocenters. The highest BCUT2D eigenvalue weighted by Crippen LogP contribution is 2.43. The van der Waals surface area contributed by atoms with E-state index in [4.69, 9.17) is 0 Å². The van der Waals surface area contributed by atoms with E-state index in [2.05, 4.69) is 25.5 Å². The van der Waals surface area contributed by atoms with Crippen molar-refractivity contribution in [2.24, 2.45) is 0 Å². The summed E-state index contributed by atoms with van der Waals surface area (Å²) in [7, 11) is 0. The second-order valence-corrected chi connectivity index (χ2v) is 9.21. The van der Waals surface area contributed by atoms with Crippen molar-refractivity contribution in [1.29, 1.82) is 0 Å². The first kappa shape index (κ1) is 22.5. The Labute approximate surface area is 196 Å². The summed E-state index contributed by atoms with van der Waals surface area (Å²) < 4.78 is 44.4. The Kier molecular flexibility index (Phi) is 5.42. The molecule has 34 heavy (non-hydrogen) atoms. The maximum Gasteiger partial charge on any atom is 0.417 e. The summed E-state index contributed by atoms with van der Waals surface area (Å²) in [6.45, 7) is 5.91. The molecule has 8 nitrogen and oxygen atoms in total. The standard InChI is InChI=1S/C22H22F3N7OS/c1-4-31-12(3)14(8-26-31)17-10-34-21(28-17)29-18(33)9-32-20-19(11(2)30-32)15(22(23,24)25)7-16(27-20)13-5-6-13/h7-8,10,13H,4-6,9H2,1-3H3,(H,28,29,33). The van der Waals surface area contributed by atoms with Crippen LogP contribution in [0.3, 0.4) is 0 Å². The zero-order valence-corrected chi connectivity index (χ0v) is 19.6. The summed E-state index contributed by atoms with van der Waals surface area (Å²) in [6.07, 6.45) is -1.18. The van der Waals surface area contributed by atoms with Crippen LogP contribution >= 0.6 is 11.3 Å². The molecular weight excluding hydrogens is 467 g/mol. The van der Waals surface area contributed by atoms with Crippen LogP contribution in [0, 0.1) is 13.8 Å². The van der Waals surface area contributed by atoms with E-state index < -0.39 is 17.6 Å². The number of hydrogen-bond acceptors (Lipinski definition) is 6. The number of pyridine rings is 1. The number of aryl methyl sites for hydroxylation is 2. The second kappa shape index (κ2) is 8.19. The van der Waals surface area contributed by atoms with Crippen LogP contribution in [0.25, 0.3) is 22.3 Å². The maximum absolute atomic E-state index is 13.8. The van der Waals surface area contributed by atoms with Gasteiger partial charge in [0, 0.05) is 34.8 Å². The third-order valence-corrected chi connectivity index (χ3v) is 6.68. The minimum absolute atomic E-state index is 0.0252. The van der Waals surface area contributed by atoms with E-state index >= 15 is 0 Å². The predicted octanol–water partition coefficient (Wildman–Crippen LogP) is 4.92. The predicted molar refractivity (Wildman–Crippen MR) is 122 cm³/mol. The number of carbonyl (C=O) groups excluding carboxylic acids is 1. The van der Waals surface area contributed by atoms with Crippen LogP contribution in [0.5, 0.6) is 0 Å². The molecule has 1 aliphatic carbocycles. The zero-order valence-electron chi connectivity index (χ0n) is 18.8. The van der Waals surface area contributed by atoms with Crippen molar-refractivity contribution in [2.45, 2.75) is 58.8 Å². The van der Waals surface area contributed by atoms with Crippen molar-refractivity contribution in [3.05, 3.63) is 40.3 Å². The molecule has 1 saturated carbocycles. The highest BCUT2D eigenvalue weighted by Gasteiger charge is 2.37. The SMILES string of the molecule is CCn1ncc(-c2csc(NC(=O)Cn3nc(C)c4c(C(F)(F)F)cc(C5CC5)nc43)n2)c1C. The van der Waals surface area contributed by atoms with Crippen molar-refractivity contribution in [1.82, 2.24) is 29.5 Å². The van der Waals surface area contributed by atoms with Gasteiger partial charge in [0.25, 0.3) is 0 Å². The Hall–Kier alpha value is -3.28. The Bertz CT molecular complexity index is 1400. The maximum atomic E-state index is 13.8. The van der Waals surface area contributed by atoms with E-state index in [1.165, 1.54) is 22.9 Å². The largest absolute Gasteiger partial charge is 0.417 e. The minimum Gasteiger partial charge on any atom is -0.300 e. The summed E-state index contributed by atoms with van der Waals surface area (Å²) in [5, 5.41) is 13.4. The van der Waals surface area contributed by atoms with E-state index in [0.29, 0.717) is 16.5 Å². The molecule has 0 bridgehead atoms. The second-order valence-electron chi connectivity index (χ2n) is 8.35. The summed E-state index contributed by atoms with van der Waals surface area (Å²) in [4.78, 5) is 21.7. The lowest BCUT2D eigenvalue weighted by Gasteiger charge is -2.11. The molecule has 0 aliphatic heterocycles. The van der Waals surface area contributed by atoms with Crippen LogP contribution in [0.15, 0.2) is 17.6 Å². The molecule has 4 aromatic heterocycles. The van der Waals surface area contributed by atoms with Crippen LogP contribution in [-0.4, -0.2) is 35.4 Å². The average Bonchev–Trinajstić information content (AvgIpc) is 3.31. The Morgan fingerprint density at radius 2 is 2.00 bits per heavy atom. The highest BCUT2D eigenvalue weighted by atomic mass is 32.1. The topological polar surface area (TPSA) is 90.5 Å². The fourth-order valence-electron chi connectivity index (χ4n) is 4.06. The van der Waals surface area contributed by atoms with Crippen LogP contribution in [0.4, 0.5) is 18.3 Å². The van der Waals surface area contributed by atoms with E-state index in [0.717, 1.165) is 36.7 Å². The van der Waals surface area contributed by atoms with Gasteiger partial charge in [-0.25, -0.2) is 14.6 Å². The minimum atomic E-state index is -4.54. The van der Waals surface area contributed by atoms with Gasteiger partial charge in [-0.05, 0) is 39.7 Å². The first-order valence-corrected chi connectivity index (χ1v) is 11.8. The molecule has 0 spiro atoms. The first-order valence-electron chi connectivity index (χ1n) is 10.9. The van der Waals surface area contributed by atoms with Gasteiger partial charge < -0.3 is 5.32 Å². The molecule has 12 heteroatoms. The van der Waals surface area contributed by atoms with Crippen LogP contribution in [0.2, 0.25) is 0 Å². The Morgan fingerprint density at radius 3 is 2.65 bits per heavy atom. The number of alkyl halides is 3. The van der Waals surface area contributed by atoms with E-state index in [9.17, 15) is 18.0 Å². The number of nitrogens with zero attached hydrogens (tertiary/aromatic N) is 6. The summed E-state index contributed by atoms with van der Waals surface area (Å²) in [5.74, 6) is -0.421. The molecule has 178 valence electrons. The number of fused-ring (bicyclic) bond motifs is 1. The number of carbonyl (C=O) groups is 1. The number of hydrogen-bond donors (Lipinski definition) is 1. The van der Waals surface area contributed by atoms with Crippen molar-refractivity contribution in [2.75, 3.05) is 5.32 Å².